The normalized spacial score (nSPS) is 12.4. The van der Waals surface area contributed by atoms with Crippen LogP contribution >= 0.6 is 0 Å². The molecule has 1 aliphatic heterocycles. The molecular weight excluding hydrogens is 324 g/mol. The number of hydrogen-bond donors (Lipinski definition) is 2. The van der Waals surface area contributed by atoms with Crippen LogP contribution in [0.3, 0.4) is 0 Å². The highest BCUT2D eigenvalue weighted by Crippen LogP contribution is 2.30. The minimum Gasteiger partial charge on any atom is -0.497 e. The molecule has 0 bridgehead atoms. The van der Waals surface area contributed by atoms with Crippen LogP contribution in [0.4, 0.5) is 5.69 Å². The second kappa shape index (κ2) is 7.57. The lowest BCUT2D eigenvalue weighted by atomic mass is 10.1. The second-order valence-electron chi connectivity index (χ2n) is 5.30. The molecule has 25 heavy (non-hydrogen) atoms. The van der Waals surface area contributed by atoms with Crippen molar-refractivity contribution in [3.63, 3.8) is 0 Å². The average Bonchev–Trinajstić information content (AvgIpc) is 2.65. The molecule has 0 radical (unpaired) electrons. The van der Waals surface area contributed by atoms with Gasteiger partial charge in [0.25, 0.3) is 11.8 Å². The van der Waals surface area contributed by atoms with E-state index in [0.717, 1.165) is 5.75 Å². The molecule has 130 valence electrons. The van der Waals surface area contributed by atoms with Crippen molar-refractivity contribution in [3.05, 3.63) is 48.0 Å². The zero-order valence-corrected chi connectivity index (χ0v) is 13.7. The molecule has 7 heteroatoms. The molecule has 0 saturated carbocycles. The average molecular weight is 342 g/mol. The summed E-state index contributed by atoms with van der Waals surface area (Å²) in [6.07, 6.45) is 0. The van der Waals surface area contributed by atoms with E-state index in [0.29, 0.717) is 35.9 Å². The SMILES string of the molecule is COc1ccc(OCCNC(=O)c2cccc3c2NC(=O)CO3)cc1. The summed E-state index contributed by atoms with van der Waals surface area (Å²) in [6, 6.07) is 12.2. The van der Waals surface area contributed by atoms with Crippen LogP contribution in [0.25, 0.3) is 0 Å². The topological polar surface area (TPSA) is 85.9 Å². The van der Waals surface area contributed by atoms with E-state index in [9.17, 15) is 9.59 Å². The van der Waals surface area contributed by atoms with Gasteiger partial charge >= 0.3 is 0 Å². The summed E-state index contributed by atoms with van der Waals surface area (Å²) in [6.45, 7) is 0.590. The molecule has 7 nitrogen and oxygen atoms in total. The van der Waals surface area contributed by atoms with Gasteiger partial charge in [-0.1, -0.05) is 6.07 Å². The molecular formula is C18H18N2O5. The van der Waals surface area contributed by atoms with E-state index in [2.05, 4.69) is 10.6 Å². The number of hydrogen-bond acceptors (Lipinski definition) is 5. The Balaban J connectivity index is 1.53. The summed E-state index contributed by atoms with van der Waals surface area (Å²) in [5.74, 6) is 1.34. The van der Waals surface area contributed by atoms with Gasteiger partial charge in [-0.3, -0.25) is 9.59 Å². The van der Waals surface area contributed by atoms with Crippen LogP contribution in [-0.2, 0) is 4.79 Å². The maximum atomic E-state index is 12.3. The van der Waals surface area contributed by atoms with Crippen LogP contribution in [-0.4, -0.2) is 38.7 Å². The van der Waals surface area contributed by atoms with Crippen molar-refractivity contribution in [2.75, 3.05) is 32.2 Å². The Kier molecular flexibility index (Phi) is 5.03. The number of benzene rings is 2. The molecule has 0 atom stereocenters. The van der Waals surface area contributed by atoms with Gasteiger partial charge in [0.2, 0.25) is 0 Å². The fourth-order valence-corrected chi connectivity index (χ4v) is 2.39. The van der Waals surface area contributed by atoms with Gasteiger partial charge in [0.15, 0.2) is 6.61 Å². The minimum absolute atomic E-state index is 0.0478. The first-order valence-electron chi connectivity index (χ1n) is 7.78. The van der Waals surface area contributed by atoms with E-state index in [-0.39, 0.29) is 18.4 Å². The number of fused-ring (bicyclic) bond motifs is 1. The molecule has 2 amide bonds. The maximum absolute atomic E-state index is 12.3. The van der Waals surface area contributed by atoms with E-state index in [1.54, 1.807) is 49.6 Å². The highest BCUT2D eigenvalue weighted by molar-refractivity contribution is 6.06. The van der Waals surface area contributed by atoms with Crippen molar-refractivity contribution in [2.24, 2.45) is 0 Å². The Bertz CT molecular complexity index is 774. The summed E-state index contributed by atoms with van der Waals surface area (Å²) in [5.41, 5.74) is 0.752. The largest absolute Gasteiger partial charge is 0.497 e. The van der Waals surface area contributed by atoms with Crippen LogP contribution in [0.15, 0.2) is 42.5 Å². The Morgan fingerprint density at radius 2 is 1.96 bits per heavy atom. The monoisotopic (exact) mass is 342 g/mol. The van der Waals surface area contributed by atoms with E-state index in [1.807, 2.05) is 0 Å². The molecule has 1 aliphatic rings. The molecule has 2 N–H and O–H groups in total. The number of rotatable bonds is 6. The van der Waals surface area contributed by atoms with Crippen molar-refractivity contribution >= 4 is 17.5 Å². The van der Waals surface area contributed by atoms with Gasteiger partial charge < -0.3 is 24.8 Å². The summed E-state index contributed by atoms with van der Waals surface area (Å²) in [4.78, 5) is 23.8. The predicted molar refractivity (Wildman–Crippen MR) is 91.4 cm³/mol. The lowest BCUT2D eigenvalue weighted by Gasteiger charge is -2.20. The van der Waals surface area contributed by atoms with Crippen molar-refractivity contribution in [2.45, 2.75) is 0 Å². The third-order valence-corrected chi connectivity index (χ3v) is 3.61. The molecule has 0 aliphatic carbocycles. The number of ether oxygens (including phenoxy) is 3. The first-order chi connectivity index (χ1) is 12.2. The van der Waals surface area contributed by atoms with E-state index < -0.39 is 0 Å². The summed E-state index contributed by atoms with van der Waals surface area (Å²) in [7, 11) is 1.60. The molecule has 0 saturated heterocycles. The Labute approximate surface area is 144 Å². The zero-order valence-electron chi connectivity index (χ0n) is 13.7. The number of carbonyl (C=O) groups excluding carboxylic acids is 2. The summed E-state index contributed by atoms with van der Waals surface area (Å²) >= 11 is 0. The molecule has 0 fully saturated rings. The number of methoxy groups -OCH3 is 1. The molecule has 0 aromatic heterocycles. The van der Waals surface area contributed by atoms with Crippen LogP contribution in [0.1, 0.15) is 10.4 Å². The van der Waals surface area contributed by atoms with E-state index in [4.69, 9.17) is 14.2 Å². The van der Waals surface area contributed by atoms with Crippen LogP contribution in [0, 0.1) is 0 Å². The fourth-order valence-electron chi connectivity index (χ4n) is 2.39. The predicted octanol–water partition coefficient (Wildman–Crippen LogP) is 1.83. The highest BCUT2D eigenvalue weighted by atomic mass is 16.5. The third kappa shape index (κ3) is 4.00. The highest BCUT2D eigenvalue weighted by Gasteiger charge is 2.22. The van der Waals surface area contributed by atoms with Gasteiger partial charge in [-0.15, -0.1) is 0 Å². The van der Waals surface area contributed by atoms with Gasteiger partial charge in [0.05, 0.1) is 24.9 Å². The van der Waals surface area contributed by atoms with Crippen molar-refractivity contribution in [1.29, 1.82) is 0 Å². The lowest BCUT2D eigenvalue weighted by molar-refractivity contribution is -0.118. The van der Waals surface area contributed by atoms with Gasteiger partial charge in [-0.25, -0.2) is 0 Å². The first kappa shape index (κ1) is 16.6. The Morgan fingerprint density at radius 1 is 1.20 bits per heavy atom. The van der Waals surface area contributed by atoms with E-state index >= 15 is 0 Å². The van der Waals surface area contributed by atoms with Crippen LogP contribution < -0.4 is 24.8 Å². The summed E-state index contributed by atoms with van der Waals surface area (Å²) in [5, 5.41) is 5.43. The number of nitrogens with one attached hydrogen (secondary N) is 2. The molecule has 1 heterocycles. The van der Waals surface area contributed by atoms with Gasteiger partial charge in [-0.05, 0) is 36.4 Å². The van der Waals surface area contributed by atoms with Gasteiger partial charge in [0, 0.05) is 0 Å². The number of anilines is 1. The van der Waals surface area contributed by atoms with Crippen molar-refractivity contribution < 1.29 is 23.8 Å². The first-order valence-corrected chi connectivity index (χ1v) is 7.78. The van der Waals surface area contributed by atoms with Crippen molar-refractivity contribution in [1.82, 2.24) is 5.32 Å². The second-order valence-corrected chi connectivity index (χ2v) is 5.30. The Hall–Kier alpha value is -3.22. The number of carbonyl (C=O) groups is 2. The van der Waals surface area contributed by atoms with Crippen LogP contribution in [0.5, 0.6) is 17.2 Å². The smallest absolute Gasteiger partial charge is 0.262 e. The number of amides is 2. The summed E-state index contributed by atoms with van der Waals surface area (Å²) < 4.78 is 15.9. The molecule has 0 spiro atoms. The zero-order chi connectivity index (χ0) is 17.6. The van der Waals surface area contributed by atoms with E-state index in [1.165, 1.54) is 0 Å². The molecule has 2 aromatic carbocycles. The molecule has 0 unspecified atom stereocenters. The molecule has 2 aromatic rings. The van der Waals surface area contributed by atoms with Crippen LogP contribution in [0.2, 0.25) is 0 Å². The number of para-hydroxylation sites is 1. The standard InChI is InChI=1S/C18H18N2O5/c1-23-12-5-7-13(8-6-12)24-10-9-19-18(22)14-3-2-4-15-17(14)20-16(21)11-25-15/h2-8H,9-11H2,1H3,(H,19,22)(H,20,21). The Morgan fingerprint density at radius 3 is 2.72 bits per heavy atom. The fraction of sp³-hybridized carbons (Fsp3) is 0.222. The quantitative estimate of drug-likeness (QED) is 0.783. The maximum Gasteiger partial charge on any atom is 0.262 e. The third-order valence-electron chi connectivity index (χ3n) is 3.61. The van der Waals surface area contributed by atoms with Gasteiger partial charge in [0.1, 0.15) is 23.9 Å². The molecule has 3 rings (SSSR count). The lowest BCUT2D eigenvalue weighted by Crippen LogP contribution is -2.31. The van der Waals surface area contributed by atoms with Crippen molar-refractivity contribution in [3.8, 4) is 17.2 Å². The minimum atomic E-state index is -0.305. The van der Waals surface area contributed by atoms with Gasteiger partial charge in [-0.2, -0.15) is 0 Å².